The average Bonchev–Trinajstić information content (AvgIpc) is 0.824. The molecule has 9 nitrogen and oxygen atoms in total. The Morgan fingerprint density at radius 2 is 0.308 bits per heavy atom. The van der Waals surface area contributed by atoms with Crippen molar-refractivity contribution in [3.8, 4) is 34.1 Å². The molecule has 0 amide bonds. The Morgan fingerprint density at radius 3 is 0.549 bits per heavy atom. The number of aromatic nitrogens is 6. The third-order valence-corrected chi connectivity index (χ3v) is 28.0. The summed E-state index contributed by atoms with van der Waals surface area (Å²) in [5.41, 5.74) is 28.5. The molecule has 0 N–H and O–H groups in total. The number of para-hydroxylation sites is 18. The summed E-state index contributed by atoms with van der Waals surface area (Å²) in [6.07, 6.45) is 0. The number of hydrogen-bond donors (Lipinski definition) is 0. The zero-order valence-electron chi connectivity index (χ0n) is 72.1. The maximum atomic E-state index is 2.68. The summed E-state index contributed by atoms with van der Waals surface area (Å²) >= 11 is 0. The van der Waals surface area contributed by atoms with Gasteiger partial charge in [-0.1, -0.05) is 322 Å². The van der Waals surface area contributed by atoms with Crippen molar-refractivity contribution < 1.29 is 0 Å². The van der Waals surface area contributed by atoms with Crippen LogP contribution in [0.5, 0.6) is 0 Å². The molecule has 0 bridgehead atoms. The minimum Gasteiger partial charge on any atom is -0.307 e. The molecule has 28 rings (SSSR count). The predicted octanol–water partition coefficient (Wildman–Crippen LogP) is 33.6. The molecule has 0 saturated carbocycles. The molecule has 0 aliphatic rings. The minimum atomic E-state index is 0.972. The predicted molar refractivity (Wildman–Crippen MR) is 560 cm³/mol. The smallest absolute Gasteiger partial charge is 0.0782 e. The Labute approximate surface area is 764 Å². The summed E-state index contributed by atoms with van der Waals surface area (Å²) in [5, 5.41) is 20.3. The minimum absolute atomic E-state index is 0.972. The van der Waals surface area contributed by atoms with Gasteiger partial charge in [0.25, 0.3) is 0 Å². The molecule has 0 spiro atoms. The van der Waals surface area contributed by atoms with Gasteiger partial charge in [-0.2, -0.15) is 0 Å². The van der Waals surface area contributed by atoms with Crippen LogP contribution in [-0.4, -0.2) is 27.4 Å². The molecule has 6 heterocycles. The van der Waals surface area contributed by atoms with Crippen LogP contribution in [0.15, 0.2) is 479 Å². The van der Waals surface area contributed by atoms with Crippen LogP contribution in [0.25, 0.3) is 197 Å². The van der Waals surface area contributed by atoms with E-state index in [2.05, 4.69) is 521 Å². The summed E-state index contributed by atoms with van der Waals surface area (Å²) in [6.45, 7) is 0. The molecule has 0 aliphatic carbocycles. The molecule has 6 aromatic heterocycles. The van der Waals surface area contributed by atoms with Crippen molar-refractivity contribution in [2.75, 3.05) is 14.7 Å². The Hall–Kier alpha value is -17.9. The quantitative estimate of drug-likeness (QED) is 0.0961. The first kappa shape index (κ1) is 74.2. The van der Waals surface area contributed by atoms with Crippen LogP contribution in [0, 0.1) is 0 Å². The van der Waals surface area contributed by atoms with Gasteiger partial charge in [-0.05, 0) is 168 Å². The van der Waals surface area contributed by atoms with Crippen LogP contribution >= 0.6 is 0 Å². The highest BCUT2D eigenvalue weighted by molar-refractivity contribution is 6.34. The van der Waals surface area contributed by atoms with Gasteiger partial charge < -0.3 is 42.1 Å². The standard InChI is InChI=1S/C124H79N9/c1-7-37-81(38-8-1)125-102-61-25-19-49-87(102)93-55-31-67-109(119(93)125)131(110-68-32-56-94-88-50-20-26-62-103(88)126(120(94)110)82-39-9-2-10-40-82)108-78-74-80-73-75-100-115(132(111-69-33-57-95-89-51-21-27-63-104(89)127(121(95)111)83-41-11-3-12-42-83)112-70-34-58-96-90-52-22-28-64-105(90)128(122(96)112)84-43-13-4-14-44-84)79-116(101-77-76-99(108)117(80)118(100)101)133(113-71-35-59-97-91-53-23-29-65-106(91)129(123(97)113)85-45-15-5-16-46-85)114-72-36-60-98-92-54-24-30-66-107(92)130(124(98)114)86-47-17-6-18-48-86/h1-79H. The largest absolute Gasteiger partial charge is 0.307 e. The zero-order chi connectivity index (χ0) is 87.0. The molecule has 133 heavy (non-hydrogen) atoms. The highest BCUT2D eigenvalue weighted by Crippen LogP contribution is 2.59. The summed E-state index contributed by atoms with van der Waals surface area (Å²) in [4.78, 5) is 7.99. The molecule has 22 aromatic carbocycles. The summed E-state index contributed by atoms with van der Waals surface area (Å²) in [5.74, 6) is 0. The Kier molecular flexibility index (Phi) is 16.4. The number of fused-ring (bicyclic) bond motifs is 18. The lowest BCUT2D eigenvalue weighted by molar-refractivity contribution is 1.15. The van der Waals surface area contributed by atoms with Gasteiger partial charge in [0.05, 0.1) is 117 Å². The van der Waals surface area contributed by atoms with Crippen LogP contribution in [0.4, 0.5) is 51.2 Å². The topological polar surface area (TPSA) is 39.3 Å². The fraction of sp³-hybridized carbons (Fsp3) is 0. The SMILES string of the molecule is c1ccc(-n2c3ccccc3c3cccc(N(c4ccc5ccc6c(N(c7cccc8c9ccccc9n(-c9ccccc9)c78)c7cccc8c9ccccc9n(-c9ccccc9)c78)cc(N(c7cccc8c9ccccc9n(-c9ccccc9)c78)c7cccc8c9ccccc9n(-c9ccccc9)c78)c7ccc4c5c67)c4cccc5c6ccccc6n(-c6ccccc6)c45)c32)cc1. The van der Waals surface area contributed by atoms with Gasteiger partial charge in [0.2, 0.25) is 0 Å². The van der Waals surface area contributed by atoms with E-state index in [0.29, 0.717) is 0 Å². The first-order valence-corrected chi connectivity index (χ1v) is 45.7. The molecule has 0 aliphatic heterocycles. The third kappa shape index (κ3) is 10.9. The van der Waals surface area contributed by atoms with E-state index in [4.69, 9.17) is 0 Å². The van der Waals surface area contributed by atoms with E-state index < -0.39 is 0 Å². The Morgan fingerprint density at radius 1 is 0.120 bits per heavy atom. The average molecular weight is 1700 g/mol. The van der Waals surface area contributed by atoms with Crippen molar-refractivity contribution in [1.29, 1.82) is 0 Å². The van der Waals surface area contributed by atoms with Crippen LogP contribution in [0.2, 0.25) is 0 Å². The van der Waals surface area contributed by atoms with E-state index in [1.54, 1.807) is 0 Å². The second kappa shape index (κ2) is 29.3. The lowest BCUT2D eigenvalue weighted by Crippen LogP contribution is -2.17. The monoisotopic (exact) mass is 1690 g/mol. The van der Waals surface area contributed by atoms with E-state index >= 15 is 0 Å². The van der Waals surface area contributed by atoms with E-state index in [1.165, 1.54) is 10.8 Å². The van der Waals surface area contributed by atoms with Crippen LogP contribution < -0.4 is 14.7 Å². The van der Waals surface area contributed by atoms with Crippen molar-refractivity contribution in [3.63, 3.8) is 0 Å². The first-order valence-electron chi connectivity index (χ1n) is 45.7. The number of anilines is 9. The second-order valence-corrected chi connectivity index (χ2v) is 34.9. The molecule has 0 fully saturated rings. The summed E-state index contributed by atoms with van der Waals surface area (Å²) < 4.78 is 15.1. The fourth-order valence-electron chi connectivity index (χ4n) is 22.7. The Balaban J connectivity index is 0.852. The third-order valence-electron chi connectivity index (χ3n) is 28.0. The van der Waals surface area contributed by atoms with Gasteiger partial charge in [-0.25, -0.2) is 0 Å². The first-order chi connectivity index (χ1) is 66.1. The fourth-order valence-corrected chi connectivity index (χ4v) is 22.7. The molecule has 0 radical (unpaired) electrons. The van der Waals surface area contributed by atoms with Gasteiger partial charge in [-0.3, -0.25) is 0 Å². The number of nitrogens with zero attached hydrogens (tertiary/aromatic N) is 9. The highest BCUT2D eigenvalue weighted by atomic mass is 15.2. The van der Waals surface area contributed by atoms with Crippen molar-refractivity contribution in [3.05, 3.63) is 479 Å². The van der Waals surface area contributed by atoms with E-state index in [0.717, 1.165) is 238 Å². The van der Waals surface area contributed by atoms with Crippen molar-refractivity contribution in [1.82, 2.24) is 27.4 Å². The molecule has 9 heteroatoms. The number of benzene rings is 22. The van der Waals surface area contributed by atoms with Crippen molar-refractivity contribution >= 4 is 214 Å². The molecule has 620 valence electrons. The van der Waals surface area contributed by atoms with Crippen molar-refractivity contribution in [2.24, 2.45) is 0 Å². The molecular weight excluding hydrogens is 1620 g/mol. The zero-order valence-corrected chi connectivity index (χ0v) is 72.1. The van der Waals surface area contributed by atoms with E-state index in [1.807, 2.05) is 0 Å². The maximum Gasteiger partial charge on any atom is 0.0782 e. The van der Waals surface area contributed by atoms with Crippen LogP contribution in [0.1, 0.15) is 0 Å². The molecule has 0 atom stereocenters. The van der Waals surface area contributed by atoms with Gasteiger partial charge >= 0.3 is 0 Å². The summed E-state index contributed by atoms with van der Waals surface area (Å²) in [6, 6.07) is 179. The summed E-state index contributed by atoms with van der Waals surface area (Å²) in [7, 11) is 0. The van der Waals surface area contributed by atoms with Gasteiger partial charge in [-0.15, -0.1) is 0 Å². The highest BCUT2D eigenvalue weighted by Gasteiger charge is 2.35. The van der Waals surface area contributed by atoms with Crippen molar-refractivity contribution in [2.45, 2.75) is 0 Å². The second-order valence-electron chi connectivity index (χ2n) is 34.9. The number of rotatable bonds is 15. The van der Waals surface area contributed by atoms with E-state index in [9.17, 15) is 0 Å². The lowest BCUT2D eigenvalue weighted by Gasteiger charge is -2.34. The van der Waals surface area contributed by atoms with Crippen LogP contribution in [-0.2, 0) is 0 Å². The number of hydrogen-bond acceptors (Lipinski definition) is 3. The van der Waals surface area contributed by atoms with Gasteiger partial charge in [0.1, 0.15) is 0 Å². The normalized spacial score (nSPS) is 12.1. The molecular formula is C124H79N9. The van der Waals surface area contributed by atoms with Gasteiger partial charge in [0, 0.05) is 120 Å². The molecule has 28 aromatic rings. The molecule has 0 unspecified atom stereocenters. The molecule has 0 saturated heterocycles. The lowest BCUT2D eigenvalue weighted by atomic mass is 9.90. The van der Waals surface area contributed by atoms with Crippen LogP contribution in [0.3, 0.4) is 0 Å². The van der Waals surface area contributed by atoms with Gasteiger partial charge in [0.15, 0.2) is 0 Å². The maximum absolute atomic E-state index is 2.68. The van der Waals surface area contributed by atoms with E-state index in [-0.39, 0.29) is 0 Å². The Bertz CT molecular complexity index is 8790.